The maximum atomic E-state index is 12.0. The first-order valence-corrected chi connectivity index (χ1v) is 7.83. The lowest BCUT2D eigenvalue weighted by molar-refractivity contribution is -0.127. The molecule has 1 aliphatic rings. The van der Waals surface area contributed by atoms with Gasteiger partial charge in [-0.25, -0.2) is 0 Å². The quantitative estimate of drug-likeness (QED) is 0.786. The minimum atomic E-state index is -0.188. The Morgan fingerprint density at radius 1 is 1.22 bits per heavy atom. The summed E-state index contributed by atoms with van der Waals surface area (Å²) in [4.78, 5) is 24.1. The Labute approximate surface area is 144 Å². The van der Waals surface area contributed by atoms with Crippen LogP contribution in [0.5, 0.6) is 0 Å². The molecule has 2 rings (SSSR count). The summed E-state index contributed by atoms with van der Waals surface area (Å²) in [5.74, 6) is -0.253. The van der Waals surface area contributed by atoms with E-state index < -0.39 is 0 Å². The molecule has 1 unspecified atom stereocenters. The highest BCUT2D eigenvalue weighted by atomic mass is 35.5. The summed E-state index contributed by atoms with van der Waals surface area (Å²) in [5, 5.41) is 8.83. The Morgan fingerprint density at radius 2 is 1.87 bits per heavy atom. The number of anilines is 1. The average Bonchev–Trinajstić information content (AvgIpc) is 2.49. The van der Waals surface area contributed by atoms with E-state index in [0.29, 0.717) is 6.54 Å². The molecule has 1 fully saturated rings. The summed E-state index contributed by atoms with van der Waals surface area (Å²) in [6.07, 6.45) is 1.89. The number of rotatable bonds is 4. The SMILES string of the molecule is Cc1cc(C)c(NC(=O)CNC(=O)C2CCCNC2)c(C)c1.Cl. The third-order valence-corrected chi connectivity index (χ3v) is 4.03. The molecule has 1 aromatic rings. The Hall–Kier alpha value is -1.59. The maximum Gasteiger partial charge on any atom is 0.243 e. The van der Waals surface area contributed by atoms with Crippen molar-refractivity contribution in [3.63, 3.8) is 0 Å². The second-order valence-electron chi connectivity index (χ2n) is 6.08. The molecule has 23 heavy (non-hydrogen) atoms. The fourth-order valence-corrected chi connectivity index (χ4v) is 2.95. The zero-order chi connectivity index (χ0) is 16.1. The van der Waals surface area contributed by atoms with Crippen LogP contribution in [-0.2, 0) is 9.59 Å². The number of nitrogens with one attached hydrogen (secondary N) is 3. The van der Waals surface area contributed by atoms with Gasteiger partial charge in [-0.3, -0.25) is 9.59 Å². The number of hydrogen-bond donors (Lipinski definition) is 3. The zero-order valence-electron chi connectivity index (χ0n) is 14.0. The third kappa shape index (κ3) is 5.52. The van der Waals surface area contributed by atoms with Gasteiger partial charge in [0.05, 0.1) is 12.5 Å². The van der Waals surface area contributed by atoms with Crippen molar-refractivity contribution in [2.45, 2.75) is 33.6 Å². The number of aryl methyl sites for hydroxylation is 3. The van der Waals surface area contributed by atoms with Crippen LogP contribution in [0.4, 0.5) is 5.69 Å². The molecule has 0 saturated carbocycles. The standard InChI is InChI=1S/C17H25N3O2.ClH/c1-11-7-12(2)16(13(3)8-11)20-15(21)10-19-17(22)14-5-4-6-18-9-14;/h7-8,14,18H,4-6,9-10H2,1-3H3,(H,19,22)(H,20,21);1H. The minimum absolute atomic E-state index is 0. The number of piperidine rings is 1. The predicted molar refractivity (Wildman–Crippen MR) is 95.1 cm³/mol. The summed E-state index contributed by atoms with van der Waals surface area (Å²) in [5.41, 5.74) is 4.08. The average molecular weight is 340 g/mol. The molecule has 1 aliphatic heterocycles. The number of halogens is 1. The number of hydrogen-bond acceptors (Lipinski definition) is 3. The second-order valence-corrected chi connectivity index (χ2v) is 6.08. The summed E-state index contributed by atoms with van der Waals surface area (Å²) in [6.45, 7) is 7.66. The molecule has 128 valence electrons. The van der Waals surface area contributed by atoms with Gasteiger partial charge in [-0.1, -0.05) is 17.7 Å². The number of amides is 2. The monoisotopic (exact) mass is 339 g/mol. The molecule has 2 amide bonds. The van der Waals surface area contributed by atoms with Crippen molar-refractivity contribution >= 4 is 29.9 Å². The van der Waals surface area contributed by atoms with E-state index in [-0.39, 0.29) is 36.7 Å². The van der Waals surface area contributed by atoms with Crippen LogP contribution in [0.2, 0.25) is 0 Å². The molecule has 0 aliphatic carbocycles. The lowest BCUT2D eigenvalue weighted by atomic mass is 9.99. The van der Waals surface area contributed by atoms with Gasteiger partial charge in [0.25, 0.3) is 0 Å². The minimum Gasteiger partial charge on any atom is -0.347 e. The molecule has 6 heteroatoms. The number of carbonyl (C=O) groups excluding carboxylic acids is 2. The normalized spacial score (nSPS) is 17.1. The first kappa shape index (κ1) is 19.5. The first-order chi connectivity index (χ1) is 10.5. The molecule has 0 aromatic heterocycles. The highest BCUT2D eigenvalue weighted by Crippen LogP contribution is 2.21. The van der Waals surface area contributed by atoms with Gasteiger partial charge in [0.2, 0.25) is 11.8 Å². The lowest BCUT2D eigenvalue weighted by Gasteiger charge is -2.21. The largest absolute Gasteiger partial charge is 0.347 e. The molecule has 5 nitrogen and oxygen atoms in total. The second kappa shape index (κ2) is 8.89. The Balaban J connectivity index is 0.00000264. The Kier molecular flexibility index (Phi) is 7.52. The number of benzene rings is 1. The third-order valence-electron chi connectivity index (χ3n) is 4.03. The molecule has 0 radical (unpaired) electrons. The van der Waals surface area contributed by atoms with Crippen molar-refractivity contribution in [3.8, 4) is 0 Å². The zero-order valence-corrected chi connectivity index (χ0v) is 14.8. The van der Waals surface area contributed by atoms with E-state index in [1.165, 1.54) is 5.56 Å². The molecule has 1 heterocycles. The van der Waals surface area contributed by atoms with Gasteiger partial charge in [-0.05, 0) is 51.3 Å². The lowest BCUT2D eigenvalue weighted by Crippen LogP contribution is -2.43. The fraction of sp³-hybridized carbons (Fsp3) is 0.529. The number of carbonyl (C=O) groups is 2. The van der Waals surface area contributed by atoms with Crippen molar-refractivity contribution in [2.75, 3.05) is 25.0 Å². The van der Waals surface area contributed by atoms with Crippen molar-refractivity contribution in [1.29, 1.82) is 0 Å². The van der Waals surface area contributed by atoms with Crippen LogP contribution in [0, 0.1) is 26.7 Å². The van der Waals surface area contributed by atoms with Crippen LogP contribution in [-0.4, -0.2) is 31.4 Å². The first-order valence-electron chi connectivity index (χ1n) is 7.83. The predicted octanol–water partition coefficient (Wildman–Crippen LogP) is 2.09. The van der Waals surface area contributed by atoms with Crippen LogP contribution in [0.15, 0.2) is 12.1 Å². The van der Waals surface area contributed by atoms with E-state index in [1.807, 2.05) is 32.9 Å². The molecular weight excluding hydrogens is 314 g/mol. The van der Waals surface area contributed by atoms with Crippen LogP contribution in [0.25, 0.3) is 0 Å². The van der Waals surface area contributed by atoms with E-state index in [4.69, 9.17) is 0 Å². The van der Waals surface area contributed by atoms with Crippen LogP contribution in [0.3, 0.4) is 0 Å². The molecule has 1 aromatic carbocycles. The molecule has 0 bridgehead atoms. The van der Waals surface area contributed by atoms with Gasteiger partial charge in [0.15, 0.2) is 0 Å². The Morgan fingerprint density at radius 3 is 2.43 bits per heavy atom. The van der Waals surface area contributed by atoms with Gasteiger partial charge < -0.3 is 16.0 Å². The fourth-order valence-electron chi connectivity index (χ4n) is 2.95. The van der Waals surface area contributed by atoms with Crippen molar-refractivity contribution in [2.24, 2.45) is 5.92 Å². The van der Waals surface area contributed by atoms with Gasteiger partial charge >= 0.3 is 0 Å². The van der Waals surface area contributed by atoms with E-state index in [2.05, 4.69) is 16.0 Å². The summed E-state index contributed by atoms with van der Waals surface area (Å²) >= 11 is 0. The van der Waals surface area contributed by atoms with E-state index >= 15 is 0 Å². The summed E-state index contributed by atoms with van der Waals surface area (Å²) in [7, 11) is 0. The molecule has 1 atom stereocenters. The van der Waals surface area contributed by atoms with Gasteiger partial charge in [-0.15, -0.1) is 12.4 Å². The van der Waals surface area contributed by atoms with Crippen molar-refractivity contribution in [1.82, 2.24) is 10.6 Å². The van der Waals surface area contributed by atoms with Crippen LogP contribution >= 0.6 is 12.4 Å². The van der Waals surface area contributed by atoms with Gasteiger partial charge in [0, 0.05) is 12.2 Å². The van der Waals surface area contributed by atoms with E-state index in [1.54, 1.807) is 0 Å². The van der Waals surface area contributed by atoms with Crippen LogP contribution < -0.4 is 16.0 Å². The molecular formula is C17H26ClN3O2. The molecule has 0 spiro atoms. The topological polar surface area (TPSA) is 70.2 Å². The molecule has 3 N–H and O–H groups in total. The summed E-state index contributed by atoms with van der Waals surface area (Å²) < 4.78 is 0. The molecule has 1 saturated heterocycles. The van der Waals surface area contributed by atoms with E-state index in [0.717, 1.165) is 36.2 Å². The van der Waals surface area contributed by atoms with E-state index in [9.17, 15) is 9.59 Å². The van der Waals surface area contributed by atoms with Gasteiger partial charge in [-0.2, -0.15) is 0 Å². The van der Waals surface area contributed by atoms with Crippen LogP contribution in [0.1, 0.15) is 29.5 Å². The Bertz CT molecular complexity index is 546. The highest BCUT2D eigenvalue weighted by molar-refractivity contribution is 5.96. The smallest absolute Gasteiger partial charge is 0.243 e. The van der Waals surface area contributed by atoms with Gasteiger partial charge in [0.1, 0.15) is 0 Å². The highest BCUT2D eigenvalue weighted by Gasteiger charge is 2.21. The van der Waals surface area contributed by atoms with Crippen molar-refractivity contribution in [3.05, 3.63) is 28.8 Å². The van der Waals surface area contributed by atoms with Crippen molar-refractivity contribution < 1.29 is 9.59 Å². The summed E-state index contributed by atoms with van der Waals surface area (Å²) in [6, 6.07) is 4.07. The maximum absolute atomic E-state index is 12.0.